The fourth-order valence-corrected chi connectivity index (χ4v) is 2.41. The SMILES string of the molecule is CCCCCCCCCC(=O)c1ccccc1OCCC. The minimum Gasteiger partial charge on any atom is -0.493 e. The number of ketones is 1. The summed E-state index contributed by atoms with van der Waals surface area (Å²) in [5.41, 5.74) is 0.747. The van der Waals surface area contributed by atoms with Gasteiger partial charge in [-0.15, -0.1) is 0 Å². The van der Waals surface area contributed by atoms with E-state index in [0.29, 0.717) is 13.0 Å². The average Bonchev–Trinajstić information content (AvgIpc) is 2.52. The number of ether oxygens (including phenoxy) is 1. The van der Waals surface area contributed by atoms with Crippen LogP contribution in [0, 0.1) is 0 Å². The lowest BCUT2D eigenvalue weighted by Crippen LogP contribution is -2.04. The summed E-state index contributed by atoms with van der Waals surface area (Å²) in [6, 6.07) is 7.62. The molecule has 0 aliphatic heterocycles. The number of unbranched alkanes of at least 4 members (excludes halogenated alkanes) is 6. The molecule has 0 amide bonds. The van der Waals surface area contributed by atoms with Gasteiger partial charge in [0.15, 0.2) is 5.78 Å². The van der Waals surface area contributed by atoms with Crippen LogP contribution in [0.5, 0.6) is 5.75 Å². The van der Waals surface area contributed by atoms with E-state index in [1.165, 1.54) is 32.1 Å². The highest BCUT2D eigenvalue weighted by molar-refractivity contribution is 5.98. The first-order valence-corrected chi connectivity index (χ1v) is 8.54. The van der Waals surface area contributed by atoms with Gasteiger partial charge in [-0.1, -0.05) is 64.5 Å². The zero-order valence-corrected chi connectivity index (χ0v) is 13.7. The lowest BCUT2D eigenvalue weighted by atomic mass is 10.0. The molecule has 0 saturated heterocycles. The van der Waals surface area contributed by atoms with E-state index in [-0.39, 0.29) is 5.78 Å². The second kappa shape index (κ2) is 11.4. The second-order valence-corrected chi connectivity index (χ2v) is 5.64. The topological polar surface area (TPSA) is 26.3 Å². The van der Waals surface area contributed by atoms with E-state index in [1.54, 1.807) is 0 Å². The highest BCUT2D eigenvalue weighted by Gasteiger charge is 2.11. The van der Waals surface area contributed by atoms with Crippen LogP contribution in [-0.4, -0.2) is 12.4 Å². The van der Waals surface area contributed by atoms with Crippen molar-refractivity contribution in [2.75, 3.05) is 6.61 Å². The Bertz CT molecular complexity index is 398. The standard InChI is InChI=1S/C19H30O2/c1-3-5-6-7-8-9-10-14-18(20)17-13-11-12-15-19(17)21-16-4-2/h11-13,15H,3-10,14,16H2,1-2H3. The molecule has 2 heteroatoms. The maximum Gasteiger partial charge on any atom is 0.166 e. The molecule has 1 rings (SSSR count). The summed E-state index contributed by atoms with van der Waals surface area (Å²) in [4.78, 5) is 12.3. The van der Waals surface area contributed by atoms with E-state index in [1.807, 2.05) is 24.3 Å². The third kappa shape index (κ3) is 7.31. The Labute approximate surface area is 129 Å². The Kier molecular flexibility index (Phi) is 9.60. The average molecular weight is 290 g/mol. The molecule has 0 unspecified atom stereocenters. The number of carbonyl (C=O) groups excluding carboxylic acids is 1. The first-order valence-electron chi connectivity index (χ1n) is 8.54. The third-order valence-electron chi connectivity index (χ3n) is 3.66. The van der Waals surface area contributed by atoms with Crippen molar-refractivity contribution >= 4 is 5.78 Å². The van der Waals surface area contributed by atoms with Crippen LogP contribution in [0.25, 0.3) is 0 Å². The molecular formula is C19H30O2. The van der Waals surface area contributed by atoms with Crippen LogP contribution in [-0.2, 0) is 0 Å². The molecule has 0 bridgehead atoms. The number of benzene rings is 1. The van der Waals surface area contributed by atoms with Gasteiger partial charge < -0.3 is 4.74 Å². The molecule has 0 aliphatic rings. The molecule has 0 N–H and O–H groups in total. The lowest BCUT2D eigenvalue weighted by molar-refractivity contribution is 0.0975. The summed E-state index contributed by atoms with van der Waals surface area (Å²) in [7, 11) is 0. The summed E-state index contributed by atoms with van der Waals surface area (Å²) in [5.74, 6) is 0.961. The van der Waals surface area contributed by atoms with Crippen molar-refractivity contribution in [1.29, 1.82) is 0 Å². The van der Waals surface area contributed by atoms with Gasteiger partial charge in [0.1, 0.15) is 5.75 Å². The van der Waals surface area contributed by atoms with E-state index < -0.39 is 0 Å². The van der Waals surface area contributed by atoms with Gasteiger partial charge in [-0.25, -0.2) is 0 Å². The van der Waals surface area contributed by atoms with Gasteiger partial charge in [0.05, 0.1) is 12.2 Å². The molecule has 0 saturated carbocycles. The molecule has 118 valence electrons. The molecule has 0 spiro atoms. The number of carbonyl (C=O) groups is 1. The maximum atomic E-state index is 12.3. The van der Waals surface area contributed by atoms with Crippen molar-refractivity contribution in [3.63, 3.8) is 0 Å². The number of hydrogen-bond acceptors (Lipinski definition) is 2. The molecule has 0 atom stereocenters. The van der Waals surface area contributed by atoms with Crippen LogP contribution in [0.4, 0.5) is 0 Å². The van der Waals surface area contributed by atoms with Gasteiger partial charge in [0.2, 0.25) is 0 Å². The fraction of sp³-hybridized carbons (Fsp3) is 0.632. The summed E-state index contributed by atoms with van der Waals surface area (Å²) < 4.78 is 5.66. The predicted molar refractivity (Wildman–Crippen MR) is 89.2 cm³/mol. The summed E-state index contributed by atoms with van der Waals surface area (Å²) >= 11 is 0. The van der Waals surface area contributed by atoms with E-state index >= 15 is 0 Å². The van der Waals surface area contributed by atoms with Gasteiger partial charge in [0, 0.05) is 6.42 Å². The summed E-state index contributed by atoms with van der Waals surface area (Å²) in [6.07, 6.45) is 10.3. The normalized spacial score (nSPS) is 10.6. The quantitative estimate of drug-likeness (QED) is 0.359. The molecule has 0 heterocycles. The van der Waals surface area contributed by atoms with Crippen LogP contribution >= 0.6 is 0 Å². The molecule has 1 aromatic carbocycles. The van der Waals surface area contributed by atoms with Gasteiger partial charge in [-0.2, -0.15) is 0 Å². The Balaban J connectivity index is 2.31. The van der Waals surface area contributed by atoms with Gasteiger partial charge >= 0.3 is 0 Å². The van der Waals surface area contributed by atoms with Crippen LogP contribution in [0.3, 0.4) is 0 Å². The molecule has 0 radical (unpaired) electrons. The number of rotatable bonds is 12. The number of hydrogen-bond donors (Lipinski definition) is 0. The first kappa shape index (κ1) is 17.7. The largest absolute Gasteiger partial charge is 0.493 e. The van der Waals surface area contributed by atoms with Crippen LogP contribution in [0.15, 0.2) is 24.3 Å². The van der Waals surface area contributed by atoms with E-state index in [9.17, 15) is 4.79 Å². The minimum absolute atomic E-state index is 0.218. The monoisotopic (exact) mass is 290 g/mol. The molecule has 0 aliphatic carbocycles. The van der Waals surface area contributed by atoms with Gasteiger partial charge in [-0.3, -0.25) is 4.79 Å². The molecule has 21 heavy (non-hydrogen) atoms. The Morgan fingerprint density at radius 2 is 1.57 bits per heavy atom. The van der Waals surface area contributed by atoms with Crippen molar-refractivity contribution < 1.29 is 9.53 Å². The molecular weight excluding hydrogens is 260 g/mol. The lowest BCUT2D eigenvalue weighted by Gasteiger charge is -2.09. The number of para-hydroxylation sites is 1. The minimum atomic E-state index is 0.218. The van der Waals surface area contributed by atoms with Crippen LogP contribution in [0.2, 0.25) is 0 Å². The van der Waals surface area contributed by atoms with Gasteiger partial charge in [-0.05, 0) is 25.0 Å². The van der Waals surface area contributed by atoms with Crippen molar-refractivity contribution in [2.24, 2.45) is 0 Å². The Morgan fingerprint density at radius 1 is 0.905 bits per heavy atom. The first-order chi connectivity index (χ1) is 10.3. The fourth-order valence-electron chi connectivity index (χ4n) is 2.41. The zero-order valence-electron chi connectivity index (χ0n) is 13.7. The third-order valence-corrected chi connectivity index (χ3v) is 3.66. The van der Waals surface area contributed by atoms with E-state index in [2.05, 4.69) is 13.8 Å². The molecule has 0 fully saturated rings. The molecule has 1 aromatic rings. The van der Waals surface area contributed by atoms with E-state index in [4.69, 9.17) is 4.74 Å². The van der Waals surface area contributed by atoms with Crippen LogP contribution < -0.4 is 4.74 Å². The summed E-state index contributed by atoms with van der Waals surface area (Å²) in [5, 5.41) is 0. The number of Topliss-reactive ketones (excluding diaryl/α,β-unsaturated/α-hetero) is 1. The van der Waals surface area contributed by atoms with Crippen molar-refractivity contribution in [3.05, 3.63) is 29.8 Å². The van der Waals surface area contributed by atoms with Gasteiger partial charge in [0.25, 0.3) is 0 Å². The van der Waals surface area contributed by atoms with E-state index in [0.717, 1.165) is 30.6 Å². The Morgan fingerprint density at radius 3 is 2.29 bits per heavy atom. The summed E-state index contributed by atoms with van der Waals surface area (Å²) in [6.45, 7) is 4.97. The van der Waals surface area contributed by atoms with Crippen LogP contribution in [0.1, 0.15) is 82.0 Å². The molecule has 2 nitrogen and oxygen atoms in total. The predicted octanol–water partition coefficient (Wildman–Crippen LogP) is 5.80. The second-order valence-electron chi connectivity index (χ2n) is 5.64. The highest BCUT2D eigenvalue weighted by Crippen LogP contribution is 2.21. The van der Waals surface area contributed by atoms with Crippen molar-refractivity contribution in [3.8, 4) is 5.75 Å². The van der Waals surface area contributed by atoms with Crippen molar-refractivity contribution in [2.45, 2.75) is 71.6 Å². The Hall–Kier alpha value is -1.31. The maximum absolute atomic E-state index is 12.3. The highest BCUT2D eigenvalue weighted by atomic mass is 16.5. The smallest absolute Gasteiger partial charge is 0.166 e. The van der Waals surface area contributed by atoms with Crippen molar-refractivity contribution in [1.82, 2.24) is 0 Å². The molecule has 0 aromatic heterocycles. The zero-order chi connectivity index (χ0) is 15.3.